The zero-order valence-corrected chi connectivity index (χ0v) is 10.7. The highest BCUT2D eigenvalue weighted by Crippen LogP contribution is 2.52. The molecular weight excluding hydrogens is 250 g/mol. The Kier molecular flexibility index (Phi) is 3.03. The molecule has 18 heavy (non-hydrogen) atoms. The van der Waals surface area contributed by atoms with Gasteiger partial charge in [0.25, 0.3) is 5.69 Å². The Morgan fingerprint density at radius 3 is 2.67 bits per heavy atom. The number of nitro groups is 1. The van der Waals surface area contributed by atoms with E-state index in [1.54, 1.807) is 12.1 Å². The van der Waals surface area contributed by atoms with Gasteiger partial charge < -0.3 is 5.11 Å². The molecule has 0 aliphatic heterocycles. The normalized spacial score (nSPS) is 33.8. The van der Waals surface area contributed by atoms with Crippen molar-refractivity contribution in [1.82, 2.24) is 0 Å². The molecule has 4 unspecified atom stereocenters. The highest BCUT2D eigenvalue weighted by atomic mass is 32.2. The first-order valence-electron chi connectivity index (χ1n) is 6.25. The quantitative estimate of drug-likeness (QED) is 0.674. The molecule has 1 aromatic carbocycles. The summed E-state index contributed by atoms with van der Waals surface area (Å²) in [6, 6.07) is 6.80. The number of para-hydroxylation sites is 1. The second kappa shape index (κ2) is 4.55. The van der Waals surface area contributed by atoms with Crippen LogP contribution in [0.15, 0.2) is 29.2 Å². The van der Waals surface area contributed by atoms with E-state index in [0.717, 1.165) is 19.3 Å². The Morgan fingerprint density at radius 2 is 2.00 bits per heavy atom. The van der Waals surface area contributed by atoms with Gasteiger partial charge in [-0.2, -0.15) is 0 Å². The molecule has 4 nitrogen and oxygen atoms in total. The number of fused-ring (bicyclic) bond motifs is 2. The maximum absolute atomic E-state index is 11.0. The van der Waals surface area contributed by atoms with Crippen molar-refractivity contribution < 1.29 is 10.0 Å². The molecule has 0 aromatic heterocycles. The molecule has 2 aliphatic carbocycles. The number of hydrogen-bond acceptors (Lipinski definition) is 4. The molecule has 0 radical (unpaired) electrons. The lowest BCUT2D eigenvalue weighted by Gasteiger charge is -2.26. The van der Waals surface area contributed by atoms with E-state index in [9.17, 15) is 15.2 Å². The van der Waals surface area contributed by atoms with Gasteiger partial charge in [0, 0.05) is 11.3 Å². The minimum atomic E-state index is -0.345. The minimum Gasteiger partial charge on any atom is -0.392 e. The van der Waals surface area contributed by atoms with Crippen molar-refractivity contribution in [1.29, 1.82) is 0 Å². The third-order valence-corrected chi connectivity index (χ3v) is 5.66. The zero-order valence-electron chi connectivity index (χ0n) is 9.86. The molecule has 5 heteroatoms. The molecule has 2 saturated carbocycles. The van der Waals surface area contributed by atoms with E-state index in [2.05, 4.69) is 0 Å². The van der Waals surface area contributed by atoms with Crippen molar-refractivity contribution in [3.63, 3.8) is 0 Å². The van der Waals surface area contributed by atoms with Crippen LogP contribution in [-0.4, -0.2) is 21.4 Å². The molecule has 0 spiro atoms. The predicted molar refractivity (Wildman–Crippen MR) is 69.6 cm³/mol. The molecule has 0 heterocycles. The number of thioether (sulfide) groups is 1. The third kappa shape index (κ3) is 1.91. The molecule has 1 N–H and O–H groups in total. The summed E-state index contributed by atoms with van der Waals surface area (Å²) < 4.78 is 0. The molecule has 2 aliphatic rings. The van der Waals surface area contributed by atoms with Crippen molar-refractivity contribution in [3.05, 3.63) is 34.4 Å². The van der Waals surface area contributed by atoms with Crippen molar-refractivity contribution in [2.75, 3.05) is 0 Å². The van der Waals surface area contributed by atoms with E-state index < -0.39 is 0 Å². The van der Waals surface area contributed by atoms with E-state index in [-0.39, 0.29) is 22.0 Å². The van der Waals surface area contributed by atoms with Gasteiger partial charge in [0.05, 0.1) is 15.9 Å². The zero-order chi connectivity index (χ0) is 12.7. The first-order chi connectivity index (χ1) is 8.66. The maximum Gasteiger partial charge on any atom is 0.282 e. The molecule has 0 amide bonds. The van der Waals surface area contributed by atoms with Crippen LogP contribution in [0.25, 0.3) is 0 Å². The van der Waals surface area contributed by atoms with Gasteiger partial charge in [-0.25, -0.2) is 0 Å². The van der Waals surface area contributed by atoms with Crippen LogP contribution in [0, 0.1) is 22.0 Å². The Morgan fingerprint density at radius 1 is 1.28 bits per heavy atom. The molecule has 2 bridgehead atoms. The van der Waals surface area contributed by atoms with Crippen LogP contribution in [0.1, 0.15) is 19.3 Å². The lowest BCUT2D eigenvalue weighted by molar-refractivity contribution is -0.387. The Bertz CT molecular complexity index is 477. The molecule has 4 atom stereocenters. The fourth-order valence-electron chi connectivity index (χ4n) is 3.23. The maximum atomic E-state index is 11.0. The first kappa shape index (κ1) is 12.0. The molecule has 2 fully saturated rings. The summed E-state index contributed by atoms with van der Waals surface area (Å²) in [7, 11) is 0. The van der Waals surface area contributed by atoms with E-state index >= 15 is 0 Å². The standard InChI is InChI=1S/C13H15NO3S/c15-12-8-5-6-9(7-8)13(12)18-11-4-2-1-3-10(11)14(16)17/h1-4,8-9,12-13,15H,5-7H2. The molecule has 1 aromatic rings. The van der Waals surface area contributed by atoms with Gasteiger partial charge in [0.1, 0.15) is 0 Å². The molecular formula is C13H15NO3S. The van der Waals surface area contributed by atoms with Crippen molar-refractivity contribution in [3.8, 4) is 0 Å². The van der Waals surface area contributed by atoms with Crippen LogP contribution in [0.4, 0.5) is 5.69 Å². The summed E-state index contributed by atoms with van der Waals surface area (Å²) in [5.74, 6) is 0.935. The minimum absolute atomic E-state index is 0.129. The Labute approximate surface area is 110 Å². The van der Waals surface area contributed by atoms with Gasteiger partial charge in [-0.15, -0.1) is 11.8 Å². The van der Waals surface area contributed by atoms with Crippen molar-refractivity contribution >= 4 is 17.4 Å². The van der Waals surface area contributed by atoms with E-state index in [4.69, 9.17) is 0 Å². The predicted octanol–water partition coefficient (Wildman–Crippen LogP) is 2.85. The summed E-state index contributed by atoms with van der Waals surface area (Å²) in [6.45, 7) is 0. The van der Waals surface area contributed by atoms with Gasteiger partial charge in [-0.3, -0.25) is 10.1 Å². The van der Waals surface area contributed by atoms with Crippen LogP contribution < -0.4 is 0 Å². The van der Waals surface area contributed by atoms with Crippen LogP contribution in [-0.2, 0) is 0 Å². The van der Waals surface area contributed by atoms with Crippen LogP contribution in [0.2, 0.25) is 0 Å². The molecule has 96 valence electrons. The van der Waals surface area contributed by atoms with E-state index in [0.29, 0.717) is 16.7 Å². The number of benzene rings is 1. The fourth-order valence-corrected chi connectivity index (χ4v) is 4.74. The SMILES string of the molecule is O=[N+]([O-])c1ccccc1SC1C2CCC(C2)C1O. The van der Waals surface area contributed by atoms with E-state index in [1.165, 1.54) is 17.8 Å². The smallest absolute Gasteiger partial charge is 0.282 e. The highest BCUT2D eigenvalue weighted by molar-refractivity contribution is 8.00. The summed E-state index contributed by atoms with van der Waals surface area (Å²) in [4.78, 5) is 11.3. The Balaban J connectivity index is 1.83. The number of aliphatic hydroxyl groups excluding tert-OH is 1. The summed E-state index contributed by atoms with van der Waals surface area (Å²) in [5, 5.41) is 21.3. The van der Waals surface area contributed by atoms with Crippen molar-refractivity contribution in [2.24, 2.45) is 11.8 Å². The Hall–Kier alpha value is -1.07. The lowest BCUT2D eigenvalue weighted by atomic mass is 9.97. The monoisotopic (exact) mass is 265 g/mol. The van der Waals surface area contributed by atoms with Gasteiger partial charge >= 0.3 is 0 Å². The molecule has 3 rings (SSSR count). The van der Waals surface area contributed by atoms with E-state index in [1.807, 2.05) is 6.07 Å². The number of hydrogen-bond donors (Lipinski definition) is 1. The van der Waals surface area contributed by atoms with Crippen LogP contribution >= 0.6 is 11.8 Å². The first-order valence-corrected chi connectivity index (χ1v) is 7.13. The summed E-state index contributed by atoms with van der Waals surface area (Å²) in [5.41, 5.74) is 0.150. The largest absolute Gasteiger partial charge is 0.392 e. The summed E-state index contributed by atoms with van der Waals surface area (Å²) >= 11 is 1.49. The van der Waals surface area contributed by atoms with Gasteiger partial charge in [0.2, 0.25) is 0 Å². The van der Waals surface area contributed by atoms with Gasteiger partial charge in [-0.05, 0) is 37.2 Å². The van der Waals surface area contributed by atoms with Crippen LogP contribution in [0.3, 0.4) is 0 Å². The van der Waals surface area contributed by atoms with Gasteiger partial charge in [-0.1, -0.05) is 12.1 Å². The summed E-state index contributed by atoms with van der Waals surface area (Å²) in [6.07, 6.45) is 3.05. The number of rotatable bonds is 3. The topological polar surface area (TPSA) is 63.4 Å². The highest BCUT2D eigenvalue weighted by Gasteiger charge is 2.47. The van der Waals surface area contributed by atoms with Crippen molar-refractivity contribution in [2.45, 2.75) is 35.5 Å². The average Bonchev–Trinajstić information content (AvgIpc) is 2.93. The molecule has 0 saturated heterocycles. The number of nitro benzene ring substituents is 1. The average molecular weight is 265 g/mol. The fraction of sp³-hybridized carbons (Fsp3) is 0.538. The number of aliphatic hydroxyl groups is 1. The second-order valence-electron chi connectivity index (χ2n) is 5.13. The second-order valence-corrected chi connectivity index (χ2v) is 6.35. The van der Waals surface area contributed by atoms with Gasteiger partial charge in [0.15, 0.2) is 0 Å². The number of nitrogens with zero attached hydrogens (tertiary/aromatic N) is 1. The third-order valence-electron chi connectivity index (χ3n) is 4.12. The van der Waals surface area contributed by atoms with Crippen LogP contribution in [0.5, 0.6) is 0 Å². The lowest BCUT2D eigenvalue weighted by Crippen LogP contribution is -2.29.